The molecule has 0 bridgehead atoms. The van der Waals surface area contributed by atoms with E-state index in [-0.39, 0.29) is 0 Å². The molecule has 0 amide bonds. The largest absolute Gasteiger partial charge is 0.327 e. The number of aromatic nitrogens is 2. The summed E-state index contributed by atoms with van der Waals surface area (Å²) in [5.41, 5.74) is 6.18. The van der Waals surface area contributed by atoms with Crippen LogP contribution in [0.4, 0.5) is 0 Å². The van der Waals surface area contributed by atoms with Gasteiger partial charge in [-0.25, -0.2) is 9.97 Å². The Morgan fingerprint density at radius 2 is 2.38 bits per heavy atom. The molecule has 1 aliphatic rings. The van der Waals surface area contributed by atoms with Crippen LogP contribution in [0.1, 0.15) is 32.6 Å². The number of nitrogens with zero attached hydrogens (tertiary/aromatic N) is 2. The predicted molar refractivity (Wildman–Crippen MR) is 67.3 cm³/mol. The molecule has 3 unspecified atom stereocenters. The lowest BCUT2D eigenvalue weighted by Gasteiger charge is -2.32. The Labute approximate surface area is 101 Å². The summed E-state index contributed by atoms with van der Waals surface area (Å²) in [6, 6.07) is 2.29. The van der Waals surface area contributed by atoms with Gasteiger partial charge in [0.25, 0.3) is 0 Å². The van der Waals surface area contributed by atoms with E-state index in [2.05, 4.69) is 16.9 Å². The highest BCUT2D eigenvalue weighted by Crippen LogP contribution is 2.35. The summed E-state index contributed by atoms with van der Waals surface area (Å²) in [4.78, 5) is 8.19. The lowest BCUT2D eigenvalue weighted by molar-refractivity contribution is 0.327. The number of rotatable bonds is 3. The number of hydrogen-bond donors (Lipinski definition) is 1. The zero-order chi connectivity index (χ0) is 11.4. The molecule has 0 radical (unpaired) electrons. The first-order valence-electron chi connectivity index (χ1n) is 5.98. The molecule has 1 heterocycles. The van der Waals surface area contributed by atoms with Gasteiger partial charge >= 0.3 is 0 Å². The van der Waals surface area contributed by atoms with Gasteiger partial charge in [-0.1, -0.05) is 13.3 Å². The minimum atomic E-state index is 0.322. The van der Waals surface area contributed by atoms with E-state index in [1.807, 2.05) is 17.8 Å². The van der Waals surface area contributed by atoms with Crippen LogP contribution in [0, 0.1) is 5.92 Å². The van der Waals surface area contributed by atoms with Crippen LogP contribution >= 0.6 is 11.8 Å². The molecule has 1 aromatic heterocycles. The smallest absolute Gasteiger partial charge is 0.116 e. The van der Waals surface area contributed by atoms with Gasteiger partial charge in [-0.05, 0) is 31.2 Å². The average Bonchev–Trinajstić information content (AvgIpc) is 2.33. The Hall–Kier alpha value is -0.610. The molecule has 2 rings (SSSR count). The van der Waals surface area contributed by atoms with Crippen LogP contribution < -0.4 is 5.73 Å². The SMILES string of the molecule is CCC1CCC(N)C(Sc2ccncn2)C1. The summed E-state index contributed by atoms with van der Waals surface area (Å²) in [6.07, 6.45) is 8.34. The van der Waals surface area contributed by atoms with Crippen molar-refractivity contribution in [2.75, 3.05) is 0 Å². The molecule has 0 aliphatic heterocycles. The molecule has 0 aromatic carbocycles. The van der Waals surface area contributed by atoms with E-state index in [4.69, 9.17) is 5.73 Å². The molecule has 88 valence electrons. The molecule has 0 saturated heterocycles. The maximum Gasteiger partial charge on any atom is 0.116 e. The first kappa shape index (κ1) is 11.9. The van der Waals surface area contributed by atoms with Gasteiger partial charge in [0.15, 0.2) is 0 Å². The third-order valence-corrected chi connectivity index (χ3v) is 4.68. The maximum atomic E-state index is 6.18. The van der Waals surface area contributed by atoms with Crippen molar-refractivity contribution < 1.29 is 0 Å². The summed E-state index contributed by atoms with van der Waals surface area (Å²) in [7, 11) is 0. The monoisotopic (exact) mass is 237 g/mol. The van der Waals surface area contributed by atoms with Crippen molar-refractivity contribution >= 4 is 11.8 Å². The summed E-state index contributed by atoms with van der Waals surface area (Å²) in [5.74, 6) is 0.846. The maximum absolute atomic E-state index is 6.18. The Kier molecular flexibility index (Phi) is 4.18. The van der Waals surface area contributed by atoms with Gasteiger partial charge < -0.3 is 5.73 Å². The minimum Gasteiger partial charge on any atom is -0.327 e. The Morgan fingerprint density at radius 3 is 3.06 bits per heavy atom. The first-order chi connectivity index (χ1) is 7.79. The molecular formula is C12H19N3S. The molecule has 16 heavy (non-hydrogen) atoms. The van der Waals surface area contributed by atoms with Crippen LogP contribution in [0.15, 0.2) is 23.6 Å². The summed E-state index contributed by atoms with van der Waals surface area (Å²) in [6.45, 7) is 2.27. The summed E-state index contributed by atoms with van der Waals surface area (Å²) >= 11 is 1.82. The van der Waals surface area contributed by atoms with Gasteiger partial charge in [-0.2, -0.15) is 0 Å². The van der Waals surface area contributed by atoms with E-state index in [0.29, 0.717) is 11.3 Å². The average molecular weight is 237 g/mol. The zero-order valence-electron chi connectivity index (χ0n) is 9.67. The van der Waals surface area contributed by atoms with Gasteiger partial charge in [0.1, 0.15) is 6.33 Å². The van der Waals surface area contributed by atoms with Gasteiger partial charge in [-0.3, -0.25) is 0 Å². The quantitative estimate of drug-likeness (QED) is 0.821. The molecule has 4 heteroatoms. The molecule has 1 aromatic rings. The highest BCUT2D eigenvalue weighted by Gasteiger charge is 2.28. The zero-order valence-corrected chi connectivity index (χ0v) is 10.5. The molecule has 1 aliphatic carbocycles. The highest BCUT2D eigenvalue weighted by atomic mass is 32.2. The summed E-state index contributed by atoms with van der Waals surface area (Å²) < 4.78 is 0. The van der Waals surface area contributed by atoms with Gasteiger partial charge in [0.2, 0.25) is 0 Å². The van der Waals surface area contributed by atoms with Crippen LogP contribution in [-0.4, -0.2) is 21.3 Å². The van der Waals surface area contributed by atoms with Crippen molar-refractivity contribution in [3.63, 3.8) is 0 Å². The van der Waals surface area contributed by atoms with Gasteiger partial charge in [0.05, 0.1) is 5.03 Å². The van der Waals surface area contributed by atoms with E-state index >= 15 is 0 Å². The second-order valence-electron chi connectivity index (χ2n) is 4.46. The molecule has 0 spiro atoms. The van der Waals surface area contributed by atoms with Crippen LogP contribution in [0.25, 0.3) is 0 Å². The minimum absolute atomic E-state index is 0.322. The normalized spacial score (nSPS) is 30.2. The fraction of sp³-hybridized carbons (Fsp3) is 0.667. The predicted octanol–water partition coefficient (Wildman–Crippen LogP) is 2.47. The number of hydrogen-bond acceptors (Lipinski definition) is 4. The van der Waals surface area contributed by atoms with E-state index in [9.17, 15) is 0 Å². The fourth-order valence-corrected chi connectivity index (χ4v) is 3.48. The molecule has 1 fully saturated rings. The standard InChI is InChI=1S/C12H19N3S/c1-2-9-3-4-10(13)11(7-9)16-12-5-6-14-8-15-12/h5-6,8-11H,2-4,7,13H2,1H3. The van der Waals surface area contributed by atoms with Crippen LogP contribution in [0.2, 0.25) is 0 Å². The second kappa shape index (κ2) is 5.64. The Morgan fingerprint density at radius 1 is 1.50 bits per heavy atom. The summed E-state index contributed by atoms with van der Waals surface area (Å²) in [5, 5.41) is 1.57. The van der Waals surface area contributed by atoms with Crippen molar-refractivity contribution in [1.82, 2.24) is 9.97 Å². The first-order valence-corrected chi connectivity index (χ1v) is 6.85. The van der Waals surface area contributed by atoms with Crippen molar-refractivity contribution in [1.29, 1.82) is 0 Å². The highest BCUT2D eigenvalue weighted by molar-refractivity contribution is 7.99. The Balaban J connectivity index is 1.97. The van der Waals surface area contributed by atoms with E-state index < -0.39 is 0 Å². The third kappa shape index (κ3) is 2.95. The van der Waals surface area contributed by atoms with Gasteiger partial charge in [0, 0.05) is 17.5 Å². The van der Waals surface area contributed by atoms with E-state index in [0.717, 1.165) is 17.4 Å². The van der Waals surface area contributed by atoms with Crippen molar-refractivity contribution in [2.24, 2.45) is 11.7 Å². The third-order valence-electron chi connectivity index (χ3n) is 3.36. The van der Waals surface area contributed by atoms with Crippen molar-refractivity contribution in [3.8, 4) is 0 Å². The van der Waals surface area contributed by atoms with E-state index in [1.165, 1.54) is 19.3 Å². The number of thioether (sulfide) groups is 1. The second-order valence-corrected chi connectivity index (χ2v) is 5.71. The topological polar surface area (TPSA) is 51.8 Å². The van der Waals surface area contributed by atoms with Gasteiger partial charge in [-0.15, -0.1) is 11.8 Å². The lowest BCUT2D eigenvalue weighted by atomic mass is 9.84. The lowest BCUT2D eigenvalue weighted by Crippen LogP contribution is -2.38. The molecule has 1 saturated carbocycles. The van der Waals surface area contributed by atoms with E-state index in [1.54, 1.807) is 12.5 Å². The molecule has 3 atom stereocenters. The van der Waals surface area contributed by atoms with Crippen LogP contribution in [0.3, 0.4) is 0 Å². The molecule has 3 nitrogen and oxygen atoms in total. The Bertz CT molecular complexity index is 317. The van der Waals surface area contributed by atoms with Crippen molar-refractivity contribution in [3.05, 3.63) is 18.6 Å². The van der Waals surface area contributed by atoms with Crippen molar-refractivity contribution in [2.45, 2.75) is 48.9 Å². The number of nitrogens with two attached hydrogens (primary N) is 1. The molecular weight excluding hydrogens is 218 g/mol. The van der Waals surface area contributed by atoms with Crippen LogP contribution in [0.5, 0.6) is 0 Å². The fourth-order valence-electron chi connectivity index (χ4n) is 2.24. The molecule has 2 N–H and O–H groups in total. The van der Waals surface area contributed by atoms with Crippen LogP contribution in [-0.2, 0) is 0 Å².